The molecule has 0 aliphatic heterocycles. The van der Waals surface area contributed by atoms with Crippen LogP contribution in [0.4, 0.5) is 0 Å². The Morgan fingerprint density at radius 1 is 0.556 bits per heavy atom. The molecule has 0 aliphatic rings. The monoisotopic (exact) mass is 466 g/mol. The van der Waals surface area contributed by atoms with E-state index in [-0.39, 0.29) is 5.41 Å². The second-order valence-electron chi connectivity index (χ2n) is 10.4. The van der Waals surface area contributed by atoms with E-state index < -0.39 is 0 Å². The van der Waals surface area contributed by atoms with Gasteiger partial charge in [0.1, 0.15) is 11.0 Å². The van der Waals surface area contributed by atoms with Crippen LogP contribution in [0.15, 0.2) is 103 Å². The Bertz CT molecular complexity index is 1900. The maximum absolute atomic E-state index is 5.28. The Morgan fingerprint density at radius 2 is 1.19 bits per heavy atom. The quantitative estimate of drug-likeness (QED) is 0.259. The molecule has 0 spiro atoms. The number of fused-ring (bicyclic) bond motifs is 6. The lowest BCUT2D eigenvalue weighted by Crippen LogP contribution is -2.10. The zero-order chi connectivity index (χ0) is 24.4. The summed E-state index contributed by atoms with van der Waals surface area (Å²) in [6, 6.07) is 34.3. The number of nitrogens with zero attached hydrogens (tertiary/aromatic N) is 4. The Hall–Kier alpha value is -4.44. The van der Waals surface area contributed by atoms with Crippen molar-refractivity contribution >= 4 is 44.0 Å². The van der Waals surface area contributed by atoms with Crippen LogP contribution in [-0.4, -0.2) is 19.1 Å². The molecular formula is C32H26N4. The zero-order valence-corrected chi connectivity index (χ0v) is 20.6. The molecule has 7 aromatic rings. The molecule has 3 aromatic carbocycles. The standard InChI is InChI=1S/C32H26N4/c1-32(2,3)21-15-17-23(18-16-21)36-26-14-9-19-33-30(26)31-28(36)20-27-29(34-31)24-12-7-8-13-25(24)35(27)22-10-5-4-6-11-22/h4-20H,1-3H3. The summed E-state index contributed by atoms with van der Waals surface area (Å²) in [6.07, 6.45) is 1.86. The molecule has 0 atom stereocenters. The fourth-order valence-corrected chi connectivity index (χ4v) is 5.34. The van der Waals surface area contributed by atoms with Crippen LogP contribution >= 0.6 is 0 Å². The average Bonchev–Trinajstić information content (AvgIpc) is 3.40. The van der Waals surface area contributed by atoms with Crippen molar-refractivity contribution in [3.63, 3.8) is 0 Å². The summed E-state index contributed by atoms with van der Waals surface area (Å²) in [5.74, 6) is 0. The molecule has 36 heavy (non-hydrogen) atoms. The lowest BCUT2D eigenvalue weighted by molar-refractivity contribution is 0.590. The molecule has 4 aromatic heterocycles. The predicted octanol–water partition coefficient (Wildman–Crippen LogP) is 7.97. The number of para-hydroxylation sites is 2. The summed E-state index contributed by atoms with van der Waals surface area (Å²) >= 11 is 0. The molecule has 0 aliphatic carbocycles. The Balaban J connectivity index is 1.61. The van der Waals surface area contributed by atoms with Gasteiger partial charge in [-0.1, -0.05) is 69.3 Å². The molecule has 0 unspecified atom stereocenters. The van der Waals surface area contributed by atoms with Crippen LogP contribution < -0.4 is 0 Å². The van der Waals surface area contributed by atoms with Gasteiger partial charge in [0.05, 0.1) is 27.6 Å². The number of benzene rings is 3. The normalized spacial score (nSPS) is 12.3. The fourth-order valence-electron chi connectivity index (χ4n) is 5.34. The van der Waals surface area contributed by atoms with Gasteiger partial charge in [-0.2, -0.15) is 0 Å². The summed E-state index contributed by atoms with van der Waals surface area (Å²) in [4.78, 5) is 10.1. The fraction of sp³-hybridized carbons (Fsp3) is 0.125. The van der Waals surface area contributed by atoms with Gasteiger partial charge in [-0.05, 0) is 59.5 Å². The van der Waals surface area contributed by atoms with Gasteiger partial charge in [0, 0.05) is 23.0 Å². The van der Waals surface area contributed by atoms with Crippen molar-refractivity contribution in [3.8, 4) is 11.4 Å². The van der Waals surface area contributed by atoms with E-state index >= 15 is 0 Å². The highest BCUT2D eigenvalue weighted by Crippen LogP contribution is 2.37. The SMILES string of the molecule is CC(C)(C)c1ccc(-n2c3cccnc3c3nc4c5ccccc5n(-c5ccccc5)c4cc32)cc1. The van der Waals surface area contributed by atoms with Crippen molar-refractivity contribution in [3.05, 3.63) is 109 Å². The molecule has 4 heterocycles. The number of aromatic nitrogens is 4. The molecule has 0 radical (unpaired) electrons. The predicted molar refractivity (Wildman–Crippen MR) is 149 cm³/mol. The maximum atomic E-state index is 5.28. The van der Waals surface area contributed by atoms with E-state index in [1.54, 1.807) is 0 Å². The van der Waals surface area contributed by atoms with Crippen LogP contribution in [0.2, 0.25) is 0 Å². The molecule has 0 amide bonds. The van der Waals surface area contributed by atoms with Gasteiger partial charge < -0.3 is 9.13 Å². The summed E-state index contributed by atoms with van der Waals surface area (Å²) in [7, 11) is 0. The van der Waals surface area contributed by atoms with Crippen molar-refractivity contribution in [1.29, 1.82) is 0 Å². The second kappa shape index (κ2) is 7.53. The highest BCUT2D eigenvalue weighted by molar-refractivity contribution is 6.14. The molecule has 0 N–H and O–H groups in total. The molecule has 0 saturated heterocycles. The van der Waals surface area contributed by atoms with Gasteiger partial charge >= 0.3 is 0 Å². The minimum atomic E-state index is 0.102. The topological polar surface area (TPSA) is 35.6 Å². The first-order valence-corrected chi connectivity index (χ1v) is 12.4. The molecule has 0 saturated carbocycles. The van der Waals surface area contributed by atoms with Crippen LogP contribution in [0, 0.1) is 0 Å². The third kappa shape index (κ3) is 3.01. The lowest BCUT2D eigenvalue weighted by Gasteiger charge is -2.19. The molecule has 0 fully saturated rings. The van der Waals surface area contributed by atoms with Gasteiger partial charge in [0.15, 0.2) is 0 Å². The maximum Gasteiger partial charge on any atom is 0.116 e. The van der Waals surface area contributed by atoms with Crippen molar-refractivity contribution in [1.82, 2.24) is 19.1 Å². The van der Waals surface area contributed by atoms with Crippen molar-refractivity contribution in [2.45, 2.75) is 26.2 Å². The molecule has 0 bridgehead atoms. The number of hydrogen-bond acceptors (Lipinski definition) is 2. The van der Waals surface area contributed by atoms with Crippen LogP contribution in [0.5, 0.6) is 0 Å². The van der Waals surface area contributed by atoms with Crippen LogP contribution in [-0.2, 0) is 5.41 Å². The van der Waals surface area contributed by atoms with E-state index in [0.29, 0.717) is 0 Å². The second-order valence-corrected chi connectivity index (χ2v) is 10.4. The summed E-state index contributed by atoms with van der Waals surface area (Å²) < 4.78 is 4.61. The number of rotatable bonds is 2. The first-order chi connectivity index (χ1) is 17.5. The number of pyridine rings is 2. The Kier molecular flexibility index (Phi) is 4.37. The van der Waals surface area contributed by atoms with Gasteiger partial charge in [-0.15, -0.1) is 0 Å². The van der Waals surface area contributed by atoms with Crippen LogP contribution in [0.1, 0.15) is 26.3 Å². The Labute approximate surface area is 209 Å². The van der Waals surface area contributed by atoms with E-state index in [4.69, 9.17) is 9.97 Å². The van der Waals surface area contributed by atoms with E-state index in [1.165, 1.54) is 5.56 Å². The summed E-state index contributed by atoms with van der Waals surface area (Å²) in [5.41, 5.74) is 10.9. The zero-order valence-electron chi connectivity index (χ0n) is 20.6. The van der Waals surface area contributed by atoms with Crippen LogP contribution in [0.3, 0.4) is 0 Å². The molecule has 4 nitrogen and oxygen atoms in total. The summed E-state index contributed by atoms with van der Waals surface area (Å²) in [6.45, 7) is 6.74. The van der Waals surface area contributed by atoms with Crippen molar-refractivity contribution in [2.75, 3.05) is 0 Å². The first kappa shape index (κ1) is 20.9. The van der Waals surface area contributed by atoms with E-state index in [0.717, 1.165) is 55.4 Å². The first-order valence-electron chi connectivity index (χ1n) is 12.4. The largest absolute Gasteiger partial charge is 0.308 e. The van der Waals surface area contributed by atoms with Gasteiger partial charge in [-0.3, -0.25) is 4.98 Å². The van der Waals surface area contributed by atoms with Crippen molar-refractivity contribution < 1.29 is 0 Å². The average molecular weight is 467 g/mol. The van der Waals surface area contributed by atoms with Crippen LogP contribution in [0.25, 0.3) is 55.4 Å². The van der Waals surface area contributed by atoms with E-state index in [1.807, 2.05) is 12.3 Å². The lowest BCUT2D eigenvalue weighted by atomic mass is 9.87. The van der Waals surface area contributed by atoms with E-state index in [2.05, 4.69) is 121 Å². The van der Waals surface area contributed by atoms with E-state index in [9.17, 15) is 0 Å². The minimum Gasteiger partial charge on any atom is -0.308 e. The third-order valence-electron chi connectivity index (χ3n) is 7.12. The smallest absolute Gasteiger partial charge is 0.116 e. The van der Waals surface area contributed by atoms with Crippen molar-refractivity contribution in [2.24, 2.45) is 0 Å². The third-order valence-corrected chi connectivity index (χ3v) is 7.12. The molecule has 7 rings (SSSR count). The molecule has 174 valence electrons. The highest BCUT2D eigenvalue weighted by Gasteiger charge is 2.20. The molecule has 4 heteroatoms. The minimum absolute atomic E-state index is 0.102. The number of hydrogen-bond donors (Lipinski definition) is 0. The van der Waals surface area contributed by atoms with Gasteiger partial charge in [0.2, 0.25) is 0 Å². The summed E-state index contributed by atoms with van der Waals surface area (Å²) in [5, 5.41) is 1.14. The van der Waals surface area contributed by atoms with Gasteiger partial charge in [-0.25, -0.2) is 4.98 Å². The molecular weight excluding hydrogens is 440 g/mol. The Morgan fingerprint density at radius 3 is 1.97 bits per heavy atom. The van der Waals surface area contributed by atoms with Gasteiger partial charge in [0.25, 0.3) is 0 Å². The highest BCUT2D eigenvalue weighted by atomic mass is 15.0.